The van der Waals surface area contributed by atoms with Gasteiger partial charge in [0.05, 0.1) is 12.5 Å². The summed E-state index contributed by atoms with van der Waals surface area (Å²) >= 11 is 12.6. The summed E-state index contributed by atoms with van der Waals surface area (Å²) in [6.07, 6.45) is 6.13. The molecule has 6 rings (SSSR count). The Morgan fingerprint density at radius 1 is 1.12 bits per heavy atom. The van der Waals surface area contributed by atoms with E-state index >= 15 is 0 Å². The third-order valence-electron chi connectivity index (χ3n) is 9.37. The van der Waals surface area contributed by atoms with Crippen LogP contribution in [-0.4, -0.2) is 60.0 Å². The first-order chi connectivity index (χ1) is 19.1. The van der Waals surface area contributed by atoms with Gasteiger partial charge in [0.15, 0.2) is 0 Å². The van der Waals surface area contributed by atoms with Crippen LogP contribution in [0.15, 0.2) is 36.5 Å². The lowest BCUT2D eigenvalue weighted by atomic mass is 9.65. The maximum Gasteiger partial charge on any atom is 0.311 e. The number of ether oxygens (including phenoxy) is 2. The van der Waals surface area contributed by atoms with Crippen molar-refractivity contribution in [2.45, 2.75) is 51.7 Å². The fourth-order valence-corrected chi connectivity index (χ4v) is 7.56. The highest BCUT2D eigenvalue weighted by molar-refractivity contribution is 6.35. The lowest BCUT2D eigenvalue weighted by molar-refractivity contribution is -0.162. The number of aryl methyl sites for hydroxylation is 1. The number of carbonyl (C=O) groups excluding carboxylic acids is 1. The minimum absolute atomic E-state index is 0.0634. The van der Waals surface area contributed by atoms with E-state index in [0.29, 0.717) is 27.9 Å². The second-order valence-corrected chi connectivity index (χ2v) is 13.1. The molecule has 1 aromatic heterocycles. The van der Waals surface area contributed by atoms with Crippen molar-refractivity contribution in [1.82, 2.24) is 14.7 Å². The number of hydrogen-bond donors (Lipinski definition) is 0. The topological polar surface area (TPSA) is 59.8 Å². The Bertz CT molecular complexity index is 1410. The second kappa shape index (κ2) is 10.7. The number of halogens is 2. The molecular formula is C31H38Cl2N4O3. The van der Waals surface area contributed by atoms with Crippen LogP contribution in [0.2, 0.25) is 10.0 Å². The van der Waals surface area contributed by atoms with Crippen LogP contribution in [0.1, 0.15) is 51.2 Å². The van der Waals surface area contributed by atoms with Gasteiger partial charge in [0.1, 0.15) is 17.4 Å². The van der Waals surface area contributed by atoms with Crippen LogP contribution in [0, 0.1) is 17.3 Å². The van der Waals surface area contributed by atoms with Crippen molar-refractivity contribution >= 4 is 45.8 Å². The summed E-state index contributed by atoms with van der Waals surface area (Å²) < 4.78 is 13.4. The van der Waals surface area contributed by atoms with E-state index in [1.54, 1.807) is 6.07 Å². The van der Waals surface area contributed by atoms with Crippen molar-refractivity contribution in [3.63, 3.8) is 0 Å². The van der Waals surface area contributed by atoms with Crippen LogP contribution in [0.5, 0.6) is 5.75 Å². The first kappa shape index (κ1) is 27.7. The van der Waals surface area contributed by atoms with Gasteiger partial charge in [-0.3, -0.25) is 9.48 Å². The zero-order chi connectivity index (χ0) is 28.2. The zero-order valence-electron chi connectivity index (χ0n) is 23.7. The van der Waals surface area contributed by atoms with Crippen LogP contribution >= 0.6 is 23.2 Å². The van der Waals surface area contributed by atoms with Crippen molar-refractivity contribution < 1.29 is 14.3 Å². The number of benzene rings is 2. The Balaban J connectivity index is 1.12. The van der Waals surface area contributed by atoms with E-state index in [4.69, 9.17) is 32.7 Å². The molecule has 3 aliphatic rings. The fraction of sp³-hybridized carbons (Fsp3) is 0.548. The van der Waals surface area contributed by atoms with Crippen LogP contribution < -0.4 is 9.64 Å². The summed E-state index contributed by atoms with van der Waals surface area (Å²) in [6, 6.07) is 10.4. The number of nitrogens with zero attached hydrogens (tertiary/aromatic N) is 4. The van der Waals surface area contributed by atoms with Crippen molar-refractivity contribution in [1.29, 1.82) is 0 Å². The first-order valence-corrected chi connectivity index (χ1v) is 15.1. The van der Waals surface area contributed by atoms with Crippen LogP contribution in [0.25, 0.3) is 10.9 Å². The number of rotatable bonds is 7. The van der Waals surface area contributed by atoms with E-state index < -0.39 is 0 Å². The molecule has 0 bridgehead atoms. The van der Waals surface area contributed by atoms with Gasteiger partial charge in [-0.1, -0.05) is 29.3 Å². The van der Waals surface area contributed by atoms with Crippen LogP contribution in [0.3, 0.4) is 0 Å². The standard InChI is InChI=1S/C31H38Cl2N4O3/c1-19(26-8-7-23(32)11-27(26)33)40-28-12-24(10-21-15-35(3)34-29(21)28)37-17-22(18-37)20-6-5-9-36(16-20)25-13-31(2,14-25)30(38)39-4/h7-8,10-12,15,19-20,22,25H,5-6,9,13-14,16-18H2,1-4H3/t19-,20-,25?,31?/m1/s1. The highest BCUT2D eigenvalue weighted by Crippen LogP contribution is 2.46. The number of hydrogen-bond acceptors (Lipinski definition) is 6. The average Bonchev–Trinajstić information content (AvgIpc) is 3.26. The SMILES string of the molecule is COC(=O)C1(C)CC(N2CCC[C@@H](C3CN(c4cc(O[C@H](C)c5ccc(Cl)cc5Cl)c5nn(C)cc5c4)C3)C2)C1. The molecule has 2 aromatic carbocycles. The molecule has 0 radical (unpaired) electrons. The normalized spacial score (nSPS) is 26.3. The van der Waals surface area contributed by atoms with Gasteiger partial charge in [0.2, 0.25) is 0 Å². The number of aromatic nitrogens is 2. The summed E-state index contributed by atoms with van der Waals surface area (Å²) in [5, 5.41) is 6.95. The van der Waals surface area contributed by atoms with Gasteiger partial charge >= 0.3 is 5.97 Å². The minimum Gasteiger partial charge on any atom is -0.484 e. The fourth-order valence-electron chi connectivity index (χ4n) is 7.00. The monoisotopic (exact) mass is 584 g/mol. The van der Waals surface area contributed by atoms with E-state index in [2.05, 4.69) is 27.0 Å². The molecule has 0 spiro atoms. The number of methoxy groups -OCH3 is 1. The molecule has 1 aliphatic carbocycles. The number of piperidine rings is 1. The van der Waals surface area contributed by atoms with E-state index in [1.165, 1.54) is 25.6 Å². The summed E-state index contributed by atoms with van der Waals surface area (Å²) in [4.78, 5) is 17.2. The van der Waals surface area contributed by atoms with Gasteiger partial charge in [-0.05, 0) is 76.1 Å². The molecule has 214 valence electrons. The third-order valence-corrected chi connectivity index (χ3v) is 9.94. The Kier molecular flexibility index (Phi) is 7.43. The number of likely N-dealkylation sites (tertiary alicyclic amines) is 1. The number of fused-ring (bicyclic) bond motifs is 1. The van der Waals surface area contributed by atoms with Crippen molar-refractivity contribution in [3.8, 4) is 5.75 Å². The molecule has 1 saturated carbocycles. The molecule has 3 aromatic rings. The quantitative estimate of drug-likeness (QED) is 0.295. The second-order valence-electron chi connectivity index (χ2n) is 12.3. The first-order valence-electron chi connectivity index (χ1n) is 14.3. The van der Waals surface area contributed by atoms with Crippen molar-refractivity contribution in [2.75, 3.05) is 38.2 Å². The van der Waals surface area contributed by atoms with Gasteiger partial charge in [-0.2, -0.15) is 5.10 Å². The number of anilines is 1. The maximum absolute atomic E-state index is 12.1. The van der Waals surface area contributed by atoms with Gasteiger partial charge in [0.25, 0.3) is 0 Å². The average molecular weight is 586 g/mol. The van der Waals surface area contributed by atoms with Gasteiger partial charge in [0, 0.05) is 71.7 Å². The van der Waals surface area contributed by atoms with Crippen LogP contribution in [-0.2, 0) is 16.6 Å². The third kappa shape index (κ3) is 5.17. The maximum atomic E-state index is 12.1. The smallest absolute Gasteiger partial charge is 0.311 e. The Labute approximate surface area is 246 Å². The lowest BCUT2D eigenvalue weighted by Crippen LogP contribution is -2.58. The molecule has 2 aliphatic heterocycles. The molecule has 3 fully saturated rings. The Morgan fingerprint density at radius 3 is 2.62 bits per heavy atom. The molecule has 9 heteroatoms. The molecule has 0 unspecified atom stereocenters. The predicted molar refractivity (Wildman–Crippen MR) is 159 cm³/mol. The number of carbonyl (C=O) groups is 1. The van der Waals surface area contributed by atoms with Gasteiger partial charge in [-0.15, -0.1) is 0 Å². The lowest BCUT2D eigenvalue weighted by Gasteiger charge is -2.53. The Morgan fingerprint density at radius 2 is 1.90 bits per heavy atom. The molecule has 3 heterocycles. The molecular weight excluding hydrogens is 547 g/mol. The van der Waals surface area contributed by atoms with E-state index in [9.17, 15) is 4.79 Å². The van der Waals surface area contributed by atoms with E-state index in [0.717, 1.165) is 61.2 Å². The van der Waals surface area contributed by atoms with E-state index in [-0.39, 0.29) is 17.5 Å². The molecule has 0 amide bonds. The van der Waals surface area contributed by atoms with Gasteiger partial charge in [-0.25, -0.2) is 0 Å². The summed E-state index contributed by atoms with van der Waals surface area (Å²) in [5.74, 6) is 2.07. The summed E-state index contributed by atoms with van der Waals surface area (Å²) in [7, 11) is 3.43. The molecule has 2 saturated heterocycles. The van der Waals surface area contributed by atoms with Gasteiger partial charge < -0.3 is 19.3 Å². The molecule has 40 heavy (non-hydrogen) atoms. The Hall–Kier alpha value is -2.48. The molecule has 2 atom stereocenters. The zero-order valence-corrected chi connectivity index (χ0v) is 25.2. The number of esters is 1. The van der Waals surface area contributed by atoms with Crippen molar-refractivity contribution in [3.05, 3.63) is 52.1 Å². The van der Waals surface area contributed by atoms with E-state index in [1.807, 2.05) is 43.9 Å². The largest absolute Gasteiger partial charge is 0.484 e. The summed E-state index contributed by atoms with van der Waals surface area (Å²) in [5.41, 5.74) is 2.61. The summed E-state index contributed by atoms with van der Waals surface area (Å²) in [6.45, 7) is 8.42. The molecule has 7 nitrogen and oxygen atoms in total. The molecule has 0 N–H and O–H groups in total. The van der Waals surface area contributed by atoms with Crippen LogP contribution in [0.4, 0.5) is 5.69 Å². The predicted octanol–water partition coefficient (Wildman–Crippen LogP) is 6.51. The minimum atomic E-state index is -0.305. The highest BCUT2D eigenvalue weighted by Gasteiger charge is 2.50. The highest BCUT2D eigenvalue weighted by atomic mass is 35.5. The van der Waals surface area contributed by atoms with Crippen molar-refractivity contribution in [2.24, 2.45) is 24.3 Å².